The highest BCUT2D eigenvalue weighted by Crippen LogP contribution is 2.06. The van der Waals surface area contributed by atoms with E-state index in [0.717, 1.165) is 12.2 Å². The highest BCUT2D eigenvalue weighted by molar-refractivity contribution is 5.91. The van der Waals surface area contributed by atoms with Crippen LogP contribution in [0.3, 0.4) is 0 Å². The average Bonchev–Trinajstić information content (AvgIpc) is 2.52. The van der Waals surface area contributed by atoms with Crippen molar-refractivity contribution >= 4 is 18.0 Å². The van der Waals surface area contributed by atoms with Gasteiger partial charge in [0, 0.05) is 31.8 Å². The lowest BCUT2D eigenvalue weighted by atomic mass is 10.3. The Balaban J connectivity index is 4.51. The minimum Gasteiger partial charge on any atom is -0.460 e. The summed E-state index contributed by atoms with van der Waals surface area (Å²) in [4.78, 5) is 38.7. The quantitative estimate of drug-likeness (QED) is 0.474. The SMILES string of the molecule is CCN(CC)C(=O)N(CC)C(C)COC(=O)/C=C/C(=O)OC(C)C. The summed E-state index contributed by atoms with van der Waals surface area (Å²) in [6.45, 7) is 12.8. The molecule has 0 aromatic carbocycles. The van der Waals surface area contributed by atoms with Crippen molar-refractivity contribution in [1.29, 1.82) is 0 Å². The first-order valence-electron chi connectivity index (χ1n) is 8.37. The Labute approximate surface area is 144 Å². The molecule has 0 aliphatic rings. The second kappa shape index (κ2) is 11.5. The maximum absolute atomic E-state index is 12.4. The van der Waals surface area contributed by atoms with Gasteiger partial charge < -0.3 is 19.3 Å². The van der Waals surface area contributed by atoms with Gasteiger partial charge in [0.15, 0.2) is 0 Å². The standard InChI is InChI=1S/C17H30N2O5/c1-7-18(8-2)17(22)19(9-3)14(6)12-23-15(20)10-11-16(21)24-13(4)5/h10-11,13-14H,7-9,12H2,1-6H3/b11-10+. The van der Waals surface area contributed by atoms with Gasteiger partial charge in [-0.05, 0) is 41.5 Å². The van der Waals surface area contributed by atoms with E-state index in [4.69, 9.17) is 9.47 Å². The van der Waals surface area contributed by atoms with Gasteiger partial charge in [-0.25, -0.2) is 14.4 Å². The maximum Gasteiger partial charge on any atom is 0.331 e. The molecule has 0 bridgehead atoms. The monoisotopic (exact) mass is 342 g/mol. The van der Waals surface area contributed by atoms with E-state index in [2.05, 4.69) is 0 Å². The van der Waals surface area contributed by atoms with Gasteiger partial charge in [-0.1, -0.05) is 0 Å². The summed E-state index contributed by atoms with van der Waals surface area (Å²) in [6.07, 6.45) is 1.81. The van der Waals surface area contributed by atoms with Gasteiger partial charge in [0.05, 0.1) is 12.1 Å². The Morgan fingerprint density at radius 3 is 1.92 bits per heavy atom. The molecule has 138 valence electrons. The van der Waals surface area contributed by atoms with Gasteiger partial charge in [-0.2, -0.15) is 0 Å². The molecular weight excluding hydrogens is 312 g/mol. The molecule has 0 spiro atoms. The van der Waals surface area contributed by atoms with Crippen LogP contribution >= 0.6 is 0 Å². The Morgan fingerprint density at radius 1 is 0.917 bits per heavy atom. The molecule has 24 heavy (non-hydrogen) atoms. The van der Waals surface area contributed by atoms with Crippen molar-refractivity contribution in [2.75, 3.05) is 26.2 Å². The second-order valence-corrected chi connectivity index (χ2v) is 5.54. The van der Waals surface area contributed by atoms with Crippen molar-refractivity contribution in [3.8, 4) is 0 Å². The molecule has 1 atom stereocenters. The predicted molar refractivity (Wildman–Crippen MR) is 91.5 cm³/mol. The van der Waals surface area contributed by atoms with Crippen LogP contribution in [0, 0.1) is 0 Å². The summed E-state index contributed by atoms with van der Waals surface area (Å²) in [6, 6.07) is -0.342. The Hall–Kier alpha value is -2.05. The molecule has 0 radical (unpaired) electrons. The largest absolute Gasteiger partial charge is 0.460 e. The molecule has 1 unspecified atom stereocenters. The number of urea groups is 1. The van der Waals surface area contributed by atoms with Crippen LogP contribution in [-0.2, 0) is 19.1 Å². The van der Waals surface area contributed by atoms with Crippen molar-refractivity contribution in [3.63, 3.8) is 0 Å². The highest BCUT2D eigenvalue weighted by Gasteiger charge is 2.23. The van der Waals surface area contributed by atoms with E-state index in [1.807, 2.05) is 27.7 Å². The van der Waals surface area contributed by atoms with Crippen LogP contribution in [0.2, 0.25) is 0 Å². The third-order valence-electron chi connectivity index (χ3n) is 3.33. The minimum absolute atomic E-state index is 0.0588. The zero-order valence-electron chi connectivity index (χ0n) is 15.6. The summed E-state index contributed by atoms with van der Waals surface area (Å²) in [5.74, 6) is -1.24. The number of carbonyl (C=O) groups excluding carboxylic acids is 3. The molecule has 0 aromatic heterocycles. The summed E-state index contributed by atoms with van der Waals surface area (Å²) in [5.41, 5.74) is 0. The zero-order valence-corrected chi connectivity index (χ0v) is 15.6. The Kier molecular flexibility index (Phi) is 10.5. The maximum atomic E-state index is 12.4. The van der Waals surface area contributed by atoms with E-state index in [-0.39, 0.29) is 24.8 Å². The lowest BCUT2D eigenvalue weighted by Gasteiger charge is -2.32. The fourth-order valence-electron chi connectivity index (χ4n) is 2.06. The van der Waals surface area contributed by atoms with Gasteiger partial charge >= 0.3 is 18.0 Å². The highest BCUT2D eigenvalue weighted by atomic mass is 16.5. The molecule has 0 rings (SSSR count). The number of esters is 2. The molecule has 0 saturated heterocycles. The topological polar surface area (TPSA) is 76.2 Å². The molecule has 0 aliphatic carbocycles. The van der Waals surface area contributed by atoms with Gasteiger partial charge in [-0.15, -0.1) is 0 Å². The summed E-state index contributed by atoms with van der Waals surface area (Å²) in [7, 11) is 0. The van der Waals surface area contributed by atoms with Crippen LogP contribution in [0.1, 0.15) is 41.5 Å². The van der Waals surface area contributed by atoms with Crippen LogP contribution in [0.5, 0.6) is 0 Å². The van der Waals surface area contributed by atoms with Crippen molar-refractivity contribution in [3.05, 3.63) is 12.2 Å². The van der Waals surface area contributed by atoms with Gasteiger partial charge in [0.25, 0.3) is 0 Å². The fraction of sp³-hybridized carbons (Fsp3) is 0.706. The number of carbonyl (C=O) groups is 3. The second-order valence-electron chi connectivity index (χ2n) is 5.54. The third-order valence-corrected chi connectivity index (χ3v) is 3.33. The first-order chi connectivity index (χ1) is 11.3. The van der Waals surface area contributed by atoms with Crippen LogP contribution in [-0.4, -0.2) is 66.2 Å². The first kappa shape index (κ1) is 21.9. The number of hydrogen-bond donors (Lipinski definition) is 0. The molecule has 0 aliphatic heterocycles. The van der Waals surface area contributed by atoms with Crippen LogP contribution in [0.25, 0.3) is 0 Å². The van der Waals surface area contributed by atoms with E-state index in [1.54, 1.807) is 23.6 Å². The number of hydrogen-bond acceptors (Lipinski definition) is 5. The normalized spacial score (nSPS) is 12.1. The van der Waals surface area contributed by atoms with E-state index < -0.39 is 11.9 Å². The molecule has 0 N–H and O–H groups in total. The van der Waals surface area contributed by atoms with E-state index in [1.165, 1.54) is 0 Å². The van der Waals surface area contributed by atoms with Crippen molar-refractivity contribution in [2.24, 2.45) is 0 Å². The molecule has 0 fully saturated rings. The van der Waals surface area contributed by atoms with Gasteiger partial charge in [-0.3, -0.25) is 0 Å². The molecule has 2 amide bonds. The first-order valence-corrected chi connectivity index (χ1v) is 8.37. The molecule has 7 heteroatoms. The number of ether oxygens (including phenoxy) is 2. The molecular formula is C17H30N2O5. The number of nitrogens with zero attached hydrogens (tertiary/aromatic N) is 2. The van der Waals surface area contributed by atoms with Crippen LogP contribution in [0.15, 0.2) is 12.2 Å². The number of amides is 2. The Bertz CT molecular complexity index is 444. The smallest absolute Gasteiger partial charge is 0.331 e. The number of likely N-dealkylation sites (N-methyl/N-ethyl adjacent to an activating group) is 1. The van der Waals surface area contributed by atoms with Crippen LogP contribution in [0.4, 0.5) is 4.79 Å². The van der Waals surface area contributed by atoms with Gasteiger partial charge in [0.1, 0.15) is 6.61 Å². The fourth-order valence-corrected chi connectivity index (χ4v) is 2.06. The lowest BCUT2D eigenvalue weighted by Crippen LogP contribution is -2.48. The molecule has 0 heterocycles. The van der Waals surface area contributed by atoms with Gasteiger partial charge in [0.2, 0.25) is 0 Å². The van der Waals surface area contributed by atoms with Crippen molar-refractivity contribution in [1.82, 2.24) is 9.80 Å². The zero-order chi connectivity index (χ0) is 18.7. The third kappa shape index (κ3) is 7.99. The van der Waals surface area contributed by atoms with E-state index in [0.29, 0.717) is 19.6 Å². The van der Waals surface area contributed by atoms with Crippen molar-refractivity contribution < 1.29 is 23.9 Å². The predicted octanol–water partition coefficient (Wildman–Crippen LogP) is 2.21. The number of rotatable bonds is 9. The lowest BCUT2D eigenvalue weighted by molar-refractivity contribution is -0.143. The average molecular weight is 342 g/mol. The molecule has 7 nitrogen and oxygen atoms in total. The summed E-state index contributed by atoms with van der Waals surface area (Å²) < 4.78 is 9.97. The van der Waals surface area contributed by atoms with Crippen LogP contribution < -0.4 is 0 Å². The van der Waals surface area contributed by atoms with Crippen molar-refractivity contribution in [2.45, 2.75) is 53.7 Å². The summed E-state index contributed by atoms with van der Waals surface area (Å²) in [5, 5.41) is 0. The minimum atomic E-state index is -0.645. The van der Waals surface area contributed by atoms with E-state index >= 15 is 0 Å². The molecule has 0 aromatic rings. The summed E-state index contributed by atoms with van der Waals surface area (Å²) >= 11 is 0. The molecule has 0 saturated carbocycles. The van der Waals surface area contributed by atoms with E-state index in [9.17, 15) is 14.4 Å². The Morgan fingerprint density at radius 2 is 1.46 bits per heavy atom.